The Morgan fingerprint density at radius 2 is 1.91 bits per heavy atom. The minimum absolute atomic E-state index is 0.0887. The summed E-state index contributed by atoms with van der Waals surface area (Å²) >= 11 is 1.52. The first-order valence-corrected chi connectivity index (χ1v) is 7.66. The second-order valence-corrected chi connectivity index (χ2v) is 5.71. The van der Waals surface area contributed by atoms with E-state index in [2.05, 4.69) is 5.32 Å². The van der Waals surface area contributed by atoms with Gasteiger partial charge in [-0.15, -0.1) is 11.3 Å². The Labute approximate surface area is 135 Å². The molecule has 0 saturated carbocycles. The summed E-state index contributed by atoms with van der Waals surface area (Å²) in [7, 11) is 0. The van der Waals surface area contributed by atoms with Crippen molar-refractivity contribution in [2.75, 3.05) is 0 Å². The maximum absolute atomic E-state index is 12.3. The van der Waals surface area contributed by atoms with Crippen molar-refractivity contribution in [3.8, 4) is 0 Å². The van der Waals surface area contributed by atoms with Crippen LogP contribution in [0.15, 0.2) is 64.4 Å². The van der Waals surface area contributed by atoms with E-state index < -0.39 is 16.7 Å². The molecule has 0 bridgehead atoms. The van der Waals surface area contributed by atoms with E-state index in [9.17, 15) is 14.9 Å². The zero-order valence-electron chi connectivity index (χ0n) is 11.8. The lowest BCUT2D eigenvalue weighted by molar-refractivity contribution is -0.402. The minimum Gasteiger partial charge on any atom is -0.395 e. The molecule has 0 aliphatic rings. The van der Waals surface area contributed by atoms with Crippen molar-refractivity contribution in [2.24, 2.45) is 0 Å². The number of hydrogen-bond donors (Lipinski definition) is 1. The van der Waals surface area contributed by atoms with Crippen molar-refractivity contribution in [3.63, 3.8) is 0 Å². The number of amides is 1. The van der Waals surface area contributed by atoms with E-state index in [1.165, 1.54) is 17.4 Å². The molecular weight excluding hydrogens is 316 g/mol. The smallest absolute Gasteiger partial charge is 0.395 e. The van der Waals surface area contributed by atoms with Gasteiger partial charge in [0, 0.05) is 4.88 Å². The largest absolute Gasteiger partial charge is 0.433 e. The molecule has 116 valence electrons. The highest BCUT2D eigenvalue weighted by Crippen LogP contribution is 2.26. The number of nitrogens with zero attached hydrogens (tertiary/aromatic N) is 1. The number of benzene rings is 1. The number of hydrogen-bond acceptors (Lipinski definition) is 5. The average molecular weight is 328 g/mol. The van der Waals surface area contributed by atoms with Crippen LogP contribution in [-0.2, 0) is 0 Å². The molecule has 6 nitrogen and oxygen atoms in total. The predicted molar refractivity (Wildman–Crippen MR) is 85.4 cm³/mol. The number of nitrogens with one attached hydrogen (secondary N) is 1. The fourth-order valence-corrected chi connectivity index (χ4v) is 2.97. The second kappa shape index (κ2) is 6.45. The molecule has 1 N–H and O–H groups in total. The molecule has 0 aliphatic heterocycles. The molecule has 3 rings (SSSR count). The van der Waals surface area contributed by atoms with Gasteiger partial charge in [0.2, 0.25) is 0 Å². The summed E-state index contributed by atoms with van der Waals surface area (Å²) in [5.41, 5.74) is 0.921. The van der Waals surface area contributed by atoms with Gasteiger partial charge in [0.15, 0.2) is 5.76 Å². The molecule has 2 aromatic heterocycles. The topological polar surface area (TPSA) is 85.4 Å². The van der Waals surface area contributed by atoms with Crippen LogP contribution in [-0.4, -0.2) is 10.8 Å². The number of rotatable bonds is 5. The third kappa shape index (κ3) is 3.29. The van der Waals surface area contributed by atoms with E-state index in [0.29, 0.717) is 0 Å². The molecule has 0 spiro atoms. The van der Waals surface area contributed by atoms with Crippen LogP contribution >= 0.6 is 11.3 Å². The fraction of sp³-hybridized carbons (Fsp3) is 0.0625. The Morgan fingerprint density at radius 3 is 2.52 bits per heavy atom. The number of nitro groups is 1. The Bertz CT molecular complexity index is 812. The van der Waals surface area contributed by atoms with Gasteiger partial charge >= 0.3 is 5.88 Å². The van der Waals surface area contributed by atoms with E-state index in [0.717, 1.165) is 16.5 Å². The number of thiophene rings is 1. The number of carbonyl (C=O) groups is 1. The van der Waals surface area contributed by atoms with Crippen LogP contribution in [0.1, 0.15) is 27.0 Å². The van der Waals surface area contributed by atoms with Crippen molar-refractivity contribution in [1.82, 2.24) is 5.32 Å². The highest BCUT2D eigenvalue weighted by atomic mass is 32.1. The van der Waals surface area contributed by atoms with Gasteiger partial charge in [-0.3, -0.25) is 14.9 Å². The third-order valence-corrected chi connectivity index (χ3v) is 4.17. The molecule has 0 fully saturated rings. The normalized spacial score (nSPS) is 11.8. The monoisotopic (exact) mass is 328 g/mol. The van der Waals surface area contributed by atoms with Crippen LogP contribution in [0.2, 0.25) is 0 Å². The minimum atomic E-state index is -0.676. The van der Waals surface area contributed by atoms with E-state index in [4.69, 9.17) is 4.42 Å². The van der Waals surface area contributed by atoms with Gasteiger partial charge in [-0.2, -0.15) is 0 Å². The molecule has 1 unspecified atom stereocenters. The maximum atomic E-state index is 12.3. The SMILES string of the molecule is O=C(NC(c1ccccc1)c1cccs1)c1ccc([N+](=O)[O-])o1. The van der Waals surface area contributed by atoms with Crippen LogP contribution in [0.4, 0.5) is 5.88 Å². The first kappa shape index (κ1) is 15.0. The van der Waals surface area contributed by atoms with Gasteiger partial charge in [-0.1, -0.05) is 36.4 Å². The van der Waals surface area contributed by atoms with Gasteiger partial charge in [-0.25, -0.2) is 0 Å². The van der Waals surface area contributed by atoms with Gasteiger partial charge in [0.05, 0.1) is 12.1 Å². The van der Waals surface area contributed by atoms with Gasteiger partial charge in [0.1, 0.15) is 4.92 Å². The molecule has 7 heteroatoms. The van der Waals surface area contributed by atoms with Gasteiger partial charge in [0.25, 0.3) is 5.91 Å². The summed E-state index contributed by atoms with van der Waals surface area (Å²) in [5, 5.41) is 15.4. The summed E-state index contributed by atoms with van der Waals surface area (Å²) in [6, 6.07) is 15.4. The summed E-state index contributed by atoms with van der Waals surface area (Å²) in [4.78, 5) is 23.3. The zero-order valence-corrected chi connectivity index (χ0v) is 12.7. The zero-order chi connectivity index (χ0) is 16.2. The van der Waals surface area contributed by atoms with Crippen LogP contribution < -0.4 is 5.32 Å². The van der Waals surface area contributed by atoms with Gasteiger partial charge < -0.3 is 9.73 Å². The molecular formula is C16H12N2O4S. The first-order chi connectivity index (χ1) is 11.1. The third-order valence-electron chi connectivity index (χ3n) is 3.23. The maximum Gasteiger partial charge on any atom is 0.433 e. The lowest BCUT2D eigenvalue weighted by atomic mass is 10.1. The Kier molecular flexibility index (Phi) is 4.20. The average Bonchev–Trinajstić information content (AvgIpc) is 3.24. The van der Waals surface area contributed by atoms with Crippen molar-refractivity contribution < 1.29 is 14.1 Å². The van der Waals surface area contributed by atoms with Crippen molar-refractivity contribution in [1.29, 1.82) is 0 Å². The first-order valence-electron chi connectivity index (χ1n) is 6.78. The summed E-state index contributed by atoms with van der Waals surface area (Å²) in [6.45, 7) is 0. The molecule has 1 atom stereocenters. The summed E-state index contributed by atoms with van der Waals surface area (Å²) < 4.78 is 4.95. The van der Waals surface area contributed by atoms with Crippen molar-refractivity contribution >= 4 is 23.1 Å². The van der Waals surface area contributed by atoms with Crippen LogP contribution in [0, 0.1) is 10.1 Å². The molecule has 0 radical (unpaired) electrons. The second-order valence-electron chi connectivity index (χ2n) is 4.73. The Morgan fingerprint density at radius 1 is 1.13 bits per heavy atom. The molecule has 1 amide bonds. The predicted octanol–water partition coefficient (Wildman–Crippen LogP) is 3.77. The molecule has 23 heavy (non-hydrogen) atoms. The fourth-order valence-electron chi connectivity index (χ4n) is 2.17. The highest BCUT2D eigenvalue weighted by Gasteiger charge is 2.22. The van der Waals surface area contributed by atoms with Crippen molar-refractivity contribution in [3.05, 3.63) is 86.3 Å². The van der Waals surface area contributed by atoms with E-state index >= 15 is 0 Å². The van der Waals surface area contributed by atoms with Crippen molar-refractivity contribution in [2.45, 2.75) is 6.04 Å². The lowest BCUT2D eigenvalue weighted by Crippen LogP contribution is -2.28. The van der Waals surface area contributed by atoms with E-state index in [-0.39, 0.29) is 11.8 Å². The number of furan rings is 1. The summed E-state index contributed by atoms with van der Waals surface area (Å²) in [5.74, 6) is -1.04. The quantitative estimate of drug-likeness (QED) is 0.570. The molecule has 2 heterocycles. The standard InChI is InChI=1S/C16H12N2O4S/c19-16(12-8-9-14(22-12)18(20)21)17-15(13-7-4-10-23-13)11-5-2-1-3-6-11/h1-10,15H,(H,17,19). The van der Waals surface area contributed by atoms with Gasteiger partial charge in [-0.05, 0) is 23.1 Å². The molecule has 1 aromatic carbocycles. The van der Waals surface area contributed by atoms with Crippen LogP contribution in [0.25, 0.3) is 0 Å². The number of carbonyl (C=O) groups excluding carboxylic acids is 1. The Hall–Kier alpha value is -2.93. The van der Waals surface area contributed by atoms with E-state index in [1.54, 1.807) is 0 Å². The van der Waals surface area contributed by atoms with Crippen LogP contribution in [0.5, 0.6) is 0 Å². The lowest BCUT2D eigenvalue weighted by Gasteiger charge is -2.17. The van der Waals surface area contributed by atoms with E-state index in [1.807, 2.05) is 47.8 Å². The molecule has 0 saturated heterocycles. The Balaban J connectivity index is 1.86. The molecule has 3 aromatic rings. The summed E-state index contributed by atoms with van der Waals surface area (Å²) in [6.07, 6.45) is 0. The van der Waals surface area contributed by atoms with Crippen LogP contribution in [0.3, 0.4) is 0 Å². The molecule has 0 aliphatic carbocycles. The highest BCUT2D eigenvalue weighted by molar-refractivity contribution is 7.10.